The van der Waals surface area contributed by atoms with Gasteiger partial charge in [0.05, 0.1) is 19.2 Å². The Morgan fingerprint density at radius 2 is 2.39 bits per heavy atom. The standard InChI is InChI=1S/C13H13BrN2O2/c1-9-6-10(2-3-12(9)14)13(17)16-4-5-18-11(7-15)8-16/h2-3,6,11H,4-5,8H2,1H3. The molecule has 0 radical (unpaired) electrons. The van der Waals surface area contributed by atoms with E-state index in [1.54, 1.807) is 11.0 Å². The number of nitrogens with zero attached hydrogens (tertiary/aromatic N) is 2. The highest BCUT2D eigenvalue weighted by Crippen LogP contribution is 2.19. The van der Waals surface area contributed by atoms with Crippen LogP contribution in [0.4, 0.5) is 0 Å². The molecule has 1 aliphatic rings. The summed E-state index contributed by atoms with van der Waals surface area (Å²) in [4.78, 5) is 13.9. The summed E-state index contributed by atoms with van der Waals surface area (Å²) in [5, 5.41) is 8.82. The van der Waals surface area contributed by atoms with Crippen molar-refractivity contribution in [1.82, 2.24) is 4.90 Å². The molecule has 0 aromatic heterocycles. The van der Waals surface area contributed by atoms with Gasteiger partial charge in [0.1, 0.15) is 0 Å². The first-order valence-electron chi connectivity index (χ1n) is 5.68. The normalized spacial score (nSPS) is 19.4. The summed E-state index contributed by atoms with van der Waals surface area (Å²) in [6.45, 7) is 3.23. The summed E-state index contributed by atoms with van der Waals surface area (Å²) in [6, 6.07) is 7.54. The second kappa shape index (κ2) is 5.51. The van der Waals surface area contributed by atoms with E-state index in [1.165, 1.54) is 0 Å². The van der Waals surface area contributed by atoms with E-state index in [0.29, 0.717) is 25.3 Å². The molecule has 0 saturated carbocycles. The van der Waals surface area contributed by atoms with E-state index in [9.17, 15) is 4.79 Å². The third-order valence-corrected chi connectivity index (χ3v) is 3.79. The van der Waals surface area contributed by atoms with Crippen LogP contribution < -0.4 is 0 Å². The van der Waals surface area contributed by atoms with Gasteiger partial charge in [-0.3, -0.25) is 4.79 Å². The number of benzene rings is 1. The van der Waals surface area contributed by atoms with E-state index in [1.807, 2.05) is 25.1 Å². The minimum absolute atomic E-state index is 0.0471. The number of carbonyl (C=O) groups excluding carboxylic acids is 1. The molecule has 0 aliphatic carbocycles. The van der Waals surface area contributed by atoms with Crippen LogP contribution in [0.15, 0.2) is 22.7 Å². The van der Waals surface area contributed by atoms with Gasteiger partial charge in [0.15, 0.2) is 6.10 Å². The smallest absolute Gasteiger partial charge is 0.254 e. The van der Waals surface area contributed by atoms with Crippen LogP contribution in [0.25, 0.3) is 0 Å². The van der Waals surface area contributed by atoms with Gasteiger partial charge in [0.2, 0.25) is 0 Å². The Balaban J connectivity index is 2.15. The van der Waals surface area contributed by atoms with E-state index < -0.39 is 6.10 Å². The van der Waals surface area contributed by atoms with Gasteiger partial charge >= 0.3 is 0 Å². The molecule has 0 bridgehead atoms. The second-order valence-corrected chi connectivity index (χ2v) is 5.06. The van der Waals surface area contributed by atoms with Crippen molar-refractivity contribution in [3.05, 3.63) is 33.8 Å². The molecule has 1 aliphatic heterocycles. The molecule has 1 aromatic carbocycles. The third kappa shape index (κ3) is 2.71. The van der Waals surface area contributed by atoms with Crippen molar-refractivity contribution in [1.29, 1.82) is 5.26 Å². The highest BCUT2D eigenvalue weighted by atomic mass is 79.9. The molecule has 2 rings (SSSR count). The zero-order valence-electron chi connectivity index (χ0n) is 10.0. The van der Waals surface area contributed by atoms with E-state index in [4.69, 9.17) is 10.00 Å². The molecule has 1 aromatic rings. The SMILES string of the molecule is Cc1cc(C(=O)N2CCOC(C#N)C2)ccc1Br. The lowest BCUT2D eigenvalue weighted by Crippen LogP contribution is -2.45. The van der Waals surface area contributed by atoms with E-state index in [0.717, 1.165) is 10.0 Å². The van der Waals surface area contributed by atoms with E-state index >= 15 is 0 Å². The van der Waals surface area contributed by atoms with Crippen molar-refractivity contribution in [2.24, 2.45) is 0 Å². The quantitative estimate of drug-likeness (QED) is 0.798. The van der Waals surface area contributed by atoms with Gasteiger partial charge < -0.3 is 9.64 Å². The first-order chi connectivity index (χ1) is 8.61. The maximum atomic E-state index is 12.3. The van der Waals surface area contributed by atoms with Gasteiger partial charge in [-0.2, -0.15) is 5.26 Å². The number of carbonyl (C=O) groups is 1. The fourth-order valence-corrected chi connectivity index (χ4v) is 2.12. The van der Waals surface area contributed by atoms with Gasteiger partial charge in [-0.1, -0.05) is 15.9 Å². The lowest BCUT2D eigenvalue weighted by Gasteiger charge is -2.29. The van der Waals surface area contributed by atoms with Crippen LogP contribution in [0.1, 0.15) is 15.9 Å². The molecule has 1 fully saturated rings. The molecule has 0 N–H and O–H groups in total. The fraction of sp³-hybridized carbons (Fsp3) is 0.385. The minimum atomic E-state index is -0.515. The van der Waals surface area contributed by atoms with Crippen LogP contribution in [-0.2, 0) is 4.74 Å². The van der Waals surface area contributed by atoms with Gasteiger partial charge in [-0.05, 0) is 30.7 Å². The Morgan fingerprint density at radius 1 is 1.61 bits per heavy atom. The maximum Gasteiger partial charge on any atom is 0.254 e. The second-order valence-electron chi connectivity index (χ2n) is 4.20. The summed E-state index contributed by atoms with van der Waals surface area (Å²) >= 11 is 3.41. The Bertz CT molecular complexity index is 510. The van der Waals surface area contributed by atoms with Crippen LogP contribution in [0.3, 0.4) is 0 Å². The van der Waals surface area contributed by atoms with Gasteiger partial charge in [-0.15, -0.1) is 0 Å². The summed E-state index contributed by atoms with van der Waals surface area (Å²) in [7, 11) is 0. The number of amides is 1. The molecular weight excluding hydrogens is 296 g/mol. The topological polar surface area (TPSA) is 53.3 Å². The molecule has 1 amide bonds. The Morgan fingerprint density at radius 3 is 3.06 bits per heavy atom. The Hall–Kier alpha value is -1.38. The van der Waals surface area contributed by atoms with Crippen molar-refractivity contribution in [3.8, 4) is 6.07 Å². The lowest BCUT2D eigenvalue weighted by atomic mass is 10.1. The van der Waals surface area contributed by atoms with Crippen molar-refractivity contribution < 1.29 is 9.53 Å². The summed E-state index contributed by atoms with van der Waals surface area (Å²) in [6.07, 6.45) is -0.515. The number of hydrogen-bond donors (Lipinski definition) is 0. The highest BCUT2D eigenvalue weighted by molar-refractivity contribution is 9.10. The van der Waals surface area contributed by atoms with E-state index in [-0.39, 0.29) is 5.91 Å². The van der Waals surface area contributed by atoms with Crippen LogP contribution in [0, 0.1) is 18.3 Å². The first kappa shape index (κ1) is 13.1. The van der Waals surface area contributed by atoms with Crippen molar-refractivity contribution in [2.45, 2.75) is 13.0 Å². The first-order valence-corrected chi connectivity index (χ1v) is 6.48. The number of morpholine rings is 1. The van der Waals surface area contributed by atoms with Crippen LogP contribution in [0.5, 0.6) is 0 Å². The van der Waals surface area contributed by atoms with Gasteiger partial charge in [0.25, 0.3) is 5.91 Å². The molecule has 1 atom stereocenters. The van der Waals surface area contributed by atoms with Crippen molar-refractivity contribution in [2.75, 3.05) is 19.7 Å². The number of nitriles is 1. The summed E-state index contributed by atoms with van der Waals surface area (Å²) in [5.41, 5.74) is 1.67. The Labute approximate surface area is 114 Å². The number of rotatable bonds is 1. The predicted octanol–water partition coefficient (Wildman–Crippen LogP) is 2.12. The number of hydrogen-bond acceptors (Lipinski definition) is 3. The van der Waals surface area contributed by atoms with Crippen molar-refractivity contribution >= 4 is 21.8 Å². The largest absolute Gasteiger partial charge is 0.360 e. The lowest BCUT2D eigenvalue weighted by molar-refractivity contribution is 0.00346. The fourth-order valence-electron chi connectivity index (χ4n) is 1.87. The van der Waals surface area contributed by atoms with Gasteiger partial charge in [-0.25, -0.2) is 0 Å². The third-order valence-electron chi connectivity index (χ3n) is 2.90. The number of ether oxygens (including phenoxy) is 1. The maximum absolute atomic E-state index is 12.3. The molecule has 0 spiro atoms. The van der Waals surface area contributed by atoms with E-state index in [2.05, 4.69) is 15.9 Å². The minimum Gasteiger partial charge on any atom is -0.360 e. The van der Waals surface area contributed by atoms with Gasteiger partial charge in [0, 0.05) is 16.6 Å². The molecule has 1 heterocycles. The molecule has 4 nitrogen and oxygen atoms in total. The zero-order chi connectivity index (χ0) is 13.1. The molecular formula is C13H13BrN2O2. The molecule has 5 heteroatoms. The monoisotopic (exact) mass is 308 g/mol. The zero-order valence-corrected chi connectivity index (χ0v) is 11.6. The Kier molecular flexibility index (Phi) is 4.00. The van der Waals surface area contributed by atoms with Crippen LogP contribution in [-0.4, -0.2) is 36.6 Å². The van der Waals surface area contributed by atoms with Crippen LogP contribution >= 0.6 is 15.9 Å². The average molecular weight is 309 g/mol. The number of aryl methyl sites for hydroxylation is 1. The van der Waals surface area contributed by atoms with Crippen molar-refractivity contribution in [3.63, 3.8) is 0 Å². The highest BCUT2D eigenvalue weighted by Gasteiger charge is 2.24. The summed E-state index contributed by atoms with van der Waals surface area (Å²) < 4.78 is 6.21. The molecule has 1 saturated heterocycles. The predicted molar refractivity (Wildman–Crippen MR) is 70.1 cm³/mol. The average Bonchev–Trinajstić information content (AvgIpc) is 2.41. The number of halogens is 1. The molecule has 1 unspecified atom stereocenters. The summed E-state index contributed by atoms with van der Waals surface area (Å²) in [5.74, 6) is -0.0471. The molecule has 94 valence electrons. The van der Waals surface area contributed by atoms with Crippen LogP contribution in [0.2, 0.25) is 0 Å². The molecule has 18 heavy (non-hydrogen) atoms.